The van der Waals surface area contributed by atoms with Crippen molar-refractivity contribution in [2.24, 2.45) is 0 Å². The van der Waals surface area contributed by atoms with E-state index < -0.39 is 29.4 Å². The molecule has 0 bridgehead atoms. The van der Waals surface area contributed by atoms with Crippen LogP contribution >= 0.6 is 0 Å². The van der Waals surface area contributed by atoms with Crippen LogP contribution in [-0.4, -0.2) is 30.9 Å². The van der Waals surface area contributed by atoms with Crippen LogP contribution in [0.1, 0.15) is 5.69 Å². The van der Waals surface area contributed by atoms with Gasteiger partial charge < -0.3 is 4.74 Å². The monoisotopic (exact) mass is 467 g/mol. The molecule has 0 aliphatic rings. The van der Waals surface area contributed by atoms with E-state index in [0.717, 1.165) is 35.1 Å². The van der Waals surface area contributed by atoms with Gasteiger partial charge in [0, 0.05) is 18.5 Å². The van der Waals surface area contributed by atoms with E-state index >= 15 is 0 Å². The third-order valence-corrected chi connectivity index (χ3v) is 4.31. The number of hydrogen-bond donors (Lipinski definition) is 0. The SMILES string of the molecule is O=c1ccn(-c2ccc(OC(F)(F)F)cc2)nc1-c1ccnn1-c1ccnc(C(F)(F)F)c1. The molecule has 3 heterocycles. The summed E-state index contributed by atoms with van der Waals surface area (Å²) < 4.78 is 82.2. The number of aromatic nitrogens is 5. The first-order chi connectivity index (χ1) is 15.5. The lowest BCUT2D eigenvalue weighted by atomic mass is 10.2. The number of ether oxygens (including phenoxy) is 1. The Morgan fingerprint density at radius 1 is 0.848 bits per heavy atom. The molecule has 3 aromatic heterocycles. The van der Waals surface area contributed by atoms with Gasteiger partial charge in [-0.15, -0.1) is 13.2 Å². The number of hydrogen-bond acceptors (Lipinski definition) is 5. The first-order valence-corrected chi connectivity index (χ1v) is 9.05. The van der Waals surface area contributed by atoms with Crippen LogP contribution in [-0.2, 0) is 6.18 Å². The minimum Gasteiger partial charge on any atom is -0.406 e. The van der Waals surface area contributed by atoms with Gasteiger partial charge in [-0.25, -0.2) is 9.36 Å². The number of benzene rings is 1. The van der Waals surface area contributed by atoms with E-state index in [9.17, 15) is 31.1 Å². The van der Waals surface area contributed by atoms with E-state index in [0.29, 0.717) is 5.69 Å². The topological polar surface area (TPSA) is 74.8 Å². The highest BCUT2D eigenvalue weighted by Crippen LogP contribution is 2.29. The fourth-order valence-corrected chi connectivity index (χ4v) is 2.92. The van der Waals surface area contributed by atoms with Crippen LogP contribution in [0.25, 0.3) is 22.8 Å². The van der Waals surface area contributed by atoms with Crippen LogP contribution in [0.15, 0.2) is 71.9 Å². The number of alkyl halides is 6. The molecule has 33 heavy (non-hydrogen) atoms. The molecule has 7 nitrogen and oxygen atoms in total. The minimum atomic E-state index is -4.85. The van der Waals surface area contributed by atoms with Crippen LogP contribution < -0.4 is 10.2 Å². The predicted molar refractivity (Wildman–Crippen MR) is 102 cm³/mol. The molecule has 0 fully saturated rings. The van der Waals surface area contributed by atoms with E-state index in [-0.39, 0.29) is 17.1 Å². The lowest BCUT2D eigenvalue weighted by molar-refractivity contribution is -0.274. The molecular weight excluding hydrogens is 456 g/mol. The van der Waals surface area contributed by atoms with E-state index in [2.05, 4.69) is 19.9 Å². The number of nitrogens with zero attached hydrogens (tertiary/aromatic N) is 5. The summed E-state index contributed by atoms with van der Waals surface area (Å²) in [6.45, 7) is 0. The van der Waals surface area contributed by atoms with Gasteiger partial charge in [-0.3, -0.25) is 9.78 Å². The molecule has 13 heteroatoms. The molecule has 4 aromatic rings. The first kappa shape index (κ1) is 22.0. The van der Waals surface area contributed by atoms with Crippen LogP contribution in [0, 0.1) is 0 Å². The zero-order valence-electron chi connectivity index (χ0n) is 16.2. The average Bonchev–Trinajstić information content (AvgIpc) is 3.23. The van der Waals surface area contributed by atoms with Crippen LogP contribution in [0.5, 0.6) is 5.75 Å². The average molecular weight is 467 g/mol. The molecule has 0 aliphatic carbocycles. The summed E-state index contributed by atoms with van der Waals surface area (Å²) >= 11 is 0. The summed E-state index contributed by atoms with van der Waals surface area (Å²) in [5.41, 5.74) is -1.42. The van der Waals surface area contributed by atoms with Crippen LogP contribution in [0.4, 0.5) is 26.3 Å². The summed E-state index contributed by atoms with van der Waals surface area (Å²) in [6.07, 6.45) is -5.99. The summed E-state index contributed by atoms with van der Waals surface area (Å²) in [4.78, 5) is 15.8. The maximum Gasteiger partial charge on any atom is 0.573 e. The maximum atomic E-state index is 13.0. The predicted octanol–water partition coefficient (Wildman–Crippen LogP) is 4.40. The summed E-state index contributed by atoms with van der Waals surface area (Å²) in [5, 5.41) is 8.17. The number of halogens is 6. The molecule has 0 unspecified atom stereocenters. The van der Waals surface area contributed by atoms with Crippen LogP contribution in [0.2, 0.25) is 0 Å². The van der Waals surface area contributed by atoms with Gasteiger partial charge in [0.1, 0.15) is 11.4 Å². The van der Waals surface area contributed by atoms with Gasteiger partial charge in [-0.2, -0.15) is 23.4 Å². The van der Waals surface area contributed by atoms with Crippen molar-refractivity contribution in [3.8, 4) is 28.5 Å². The van der Waals surface area contributed by atoms with Crippen molar-refractivity contribution >= 4 is 0 Å². The lowest BCUT2D eigenvalue weighted by Gasteiger charge is -2.12. The van der Waals surface area contributed by atoms with E-state index in [4.69, 9.17) is 0 Å². The molecule has 1 aromatic carbocycles. The second kappa shape index (κ2) is 8.07. The van der Waals surface area contributed by atoms with Gasteiger partial charge in [0.2, 0.25) is 5.43 Å². The molecule has 0 spiro atoms. The van der Waals surface area contributed by atoms with Crippen molar-refractivity contribution in [3.63, 3.8) is 0 Å². The largest absolute Gasteiger partial charge is 0.573 e. The Morgan fingerprint density at radius 2 is 1.58 bits per heavy atom. The molecule has 0 saturated heterocycles. The van der Waals surface area contributed by atoms with Gasteiger partial charge in [0.05, 0.1) is 23.3 Å². The second-order valence-corrected chi connectivity index (χ2v) is 6.54. The Labute approximate surface area is 180 Å². The second-order valence-electron chi connectivity index (χ2n) is 6.54. The van der Waals surface area contributed by atoms with E-state index in [1.54, 1.807) is 0 Å². The van der Waals surface area contributed by atoms with E-state index in [1.165, 1.54) is 41.3 Å². The van der Waals surface area contributed by atoms with Crippen molar-refractivity contribution in [1.29, 1.82) is 0 Å². The smallest absolute Gasteiger partial charge is 0.406 e. The minimum absolute atomic E-state index is 0.00239. The molecule has 0 amide bonds. The molecule has 0 saturated carbocycles. The zero-order valence-corrected chi connectivity index (χ0v) is 16.2. The van der Waals surface area contributed by atoms with Crippen LogP contribution in [0.3, 0.4) is 0 Å². The molecule has 0 atom stereocenters. The molecule has 0 aliphatic heterocycles. The highest BCUT2D eigenvalue weighted by atomic mass is 19.4. The molecule has 0 N–H and O–H groups in total. The quantitative estimate of drug-likeness (QED) is 0.416. The fourth-order valence-electron chi connectivity index (χ4n) is 2.92. The highest BCUT2D eigenvalue weighted by molar-refractivity contribution is 5.57. The van der Waals surface area contributed by atoms with Gasteiger partial charge in [-0.1, -0.05) is 0 Å². The van der Waals surface area contributed by atoms with Gasteiger partial charge in [0.15, 0.2) is 5.69 Å². The van der Waals surface area contributed by atoms with Crippen molar-refractivity contribution in [2.75, 3.05) is 0 Å². The van der Waals surface area contributed by atoms with Crippen molar-refractivity contribution < 1.29 is 31.1 Å². The molecule has 170 valence electrons. The molecule has 4 rings (SSSR count). The van der Waals surface area contributed by atoms with Crippen molar-refractivity contribution in [3.05, 3.63) is 83.0 Å². The molecule has 0 radical (unpaired) electrons. The summed E-state index contributed by atoms with van der Waals surface area (Å²) in [5.74, 6) is -0.441. The third kappa shape index (κ3) is 4.86. The van der Waals surface area contributed by atoms with Crippen molar-refractivity contribution in [2.45, 2.75) is 12.5 Å². The Kier molecular flexibility index (Phi) is 5.39. The number of rotatable bonds is 4. The zero-order chi connectivity index (χ0) is 23.8. The maximum absolute atomic E-state index is 13.0. The van der Waals surface area contributed by atoms with Crippen molar-refractivity contribution in [1.82, 2.24) is 24.5 Å². The fraction of sp³-hybridized carbons (Fsp3) is 0.100. The van der Waals surface area contributed by atoms with Gasteiger partial charge >= 0.3 is 12.5 Å². The Bertz CT molecular complexity index is 1340. The highest BCUT2D eigenvalue weighted by Gasteiger charge is 2.33. The Morgan fingerprint density at radius 3 is 2.24 bits per heavy atom. The third-order valence-electron chi connectivity index (χ3n) is 4.31. The first-order valence-electron chi connectivity index (χ1n) is 9.05. The Balaban J connectivity index is 1.72. The summed E-state index contributed by atoms with van der Waals surface area (Å²) in [7, 11) is 0. The normalized spacial score (nSPS) is 12.1. The Hall–Kier alpha value is -4.16. The lowest BCUT2D eigenvalue weighted by Crippen LogP contribution is -2.17. The molecular formula is C20H11F6N5O2. The van der Waals surface area contributed by atoms with E-state index in [1.807, 2.05) is 0 Å². The number of pyridine rings is 1. The van der Waals surface area contributed by atoms with Gasteiger partial charge in [-0.05, 0) is 42.5 Å². The standard InChI is InChI=1S/C20H11F6N5O2/c21-19(22,23)17-11-13(5-8-27-17)31-15(6-9-28-31)18-16(32)7-10-30(29-18)12-1-3-14(4-2-12)33-20(24,25)26/h1-11H. The summed E-state index contributed by atoms with van der Waals surface area (Å²) in [6, 6.07) is 9.33. The van der Waals surface area contributed by atoms with Gasteiger partial charge in [0.25, 0.3) is 0 Å².